The molecule has 2 aromatic rings. The zero-order valence-corrected chi connectivity index (χ0v) is 20.6. The van der Waals surface area contributed by atoms with Gasteiger partial charge in [-0.1, -0.05) is 36.4 Å². The van der Waals surface area contributed by atoms with Crippen LogP contribution in [0, 0.1) is 11.3 Å². The molecule has 5 rings (SSSR count). The number of hydrogen-bond acceptors (Lipinski definition) is 8. The number of nitrogens with two attached hydrogens (primary N) is 1. The smallest absolute Gasteiger partial charge is 0.162 e. The Morgan fingerprint density at radius 3 is 2.39 bits per heavy atom. The topological polar surface area (TPSA) is 101 Å². The highest BCUT2D eigenvalue weighted by Crippen LogP contribution is 2.49. The molecule has 2 N–H and O–H groups in total. The Bertz CT molecular complexity index is 1260. The zero-order valence-electron chi connectivity index (χ0n) is 20.6. The van der Waals surface area contributed by atoms with Gasteiger partial charge in [0.15, 0.2) is 17.3 Å². The third kappa shape index (κ3) is 4.11. The largest absolute Gasteiger partial charge is 0.493 e. The van der Waals surface area contributed by atoms with Crippen LogP contribution >= 0.6 is 0 Å². The molecule has 0 radical (unpaired) electrons. The van der Waals surface area contributed by atoms with Crippen molar-refractivity contribution >= 4 is 5.78 Å². The van der Waals surface area contributed by atoms with Gasteiger partial charge in [-0.25, -0.2) is 5.01 Å². The number of ether oxygens (including phenoxy) is 3. The Morgan fingerprint density at radius 2 is 1.72 bits per heavy atom. The van der Waals surface area contributed by atoms with Crippen molar-refractivity contribution in [2.24, 2.45) is 5.73 Å². The normalized spacial score (nSPS) is 22.8. The number of carbonyl (C=O) groups excluding carboxylic acids is 1. The highest BCUT2D eigenvalue weighted by Gasteiger charge is 2.44. The Kier molecular flexibility index (Phi) is 6.68. The zero-order chi connectivity index (χ0) is 25.2. The Hall–Kier alpha value is -3.80. The first-order valence-electron chi connectivity index (χ1n) is 12.1. The van der Waals surface area contributed by atoms with Crippen LogP contribution in [0.1, 0.15) is 35.8 Å². The maximum Gasteiger partial charge on any atom is 0.162 e. The highest BCUT2D eigenvalue weighted by molar-refractivity contribution is 6.00. The van der Waals surface area contributed by atoms with Crippen molar-refractivity contribution in [2.75, 3.05) is 40.5 Å². The van der Waals surface area contributed by atoms with Gasteiger partial charge in [0.2, 0.25) is 0 Å². The van der Waals surface area contributed by atoms with Crippen molar-refractivity contribution in [3.05, 3.63) is 82.3 Å². The SMILES string of the molecule is COc1ccc(C2C(C#N)=C(N)N(N3CCOCC3)C3=C2C(=O)CC(c2ccccc2)C3)cc1OC. The first-order chi connectivity index (χ1) is 17.6. The van der Waals surface area contributed by atoms with E-state index >= 15 is 0 Å². The summed E-state index contributed by atoms with van der Waals surface area (Å²) in [6.07, 6.45) is 1.02. The van der Waals surface area contributed by atoms with Gasteiger partial charge in [0.05, 0.1) is 45.0 Å². The Labute approximate surface area is 211 Å². The number of hydrogen-bond donors (Lipinski definition) is 1. The minimum atomic E-state index is -0.577. The predicted molar refractivity (Wildman–Crippen MR) is 134 cm³/mol. The van der Waals surface area contributed by atoms with Gasteiger partial charge in [-0.05, 0) is 35.6 Å². The van der Waals surface area contributed by atoms with Gasteiger partial charge in [0, 0.05) is 30.8 Å². The molecule has 8 nitrogen and oxygen atoms in total. The van der Waals surface area contributed by atoms with Gasteiger partial charge in [0.1, 0.15) is 5.82 Å². The summed E-state index contributed by atoms with van der Waals surface area (Å²) in [7, 11) is 3.14. The van der Waals surface area contributed by atoms with E-state index < -0.39 is 5.92 Å². The lowest BCUT2D eigenvalue weighted by atomic mass is 9.72. The monoisotopic (exact) mass is 486 g/mol. The number of morpholine rings is 1. The van der Waals surface area contributed by atoms with E-state index in [-0.39, 0.29) is 11.7 Å². The van der Waals surface area contributed by atoms with Crippen molar-refractivity contribution in [1.82, 2.24) is 10.0 Å². The van der Waals surface area contributed by atoms with E-state index in [9.17, 15) is 10.1 Å². The van der Waals surface area contributed by atoms with Crippen LogP contribution in [0.4, 0.5) is 0 Å². The van der Waals surface area contributed by atoms with Crippen LogP contribution in [-0.2, 0) is 9.53 Å². The maximum atomic E-state index is 13.9. The lowest BCUT2D eigenvalue weighted by Gasteiger charge is -2.47. The fourth-order valence-corrected chi connectivity index (χ4v) is 5.52. The number of nitrogens with zero attached hydrogens (tertiary/aromatic N) is 3. The molecule has 0 spiro atoms. The predicted octanol–water partition coefficient (Wildman–Crippen LogP) is 3.44. The number of Topliss-reactive ketones (excluding diaryl/α,β-unsaturated/α-hetero) is 1. The van der Waals surface area contributed by atoms with Crippen molar-refractivity contribution in [3.8, 4) is 17.6 Å². The molecule has 2 unspecified atom stereocenters. The summed E-state index contributed by atoms with van der Waals surface area (Å²) >= 11 is 0. The minimum absolute atomic E-state index is 0.0309. The number of methoxy groups -OCH3 is 2. The lowest BCUT2D eigenvalue weighted by molar-refractivity contribution is -0.117. The average molecular weight is 487 g/mol. The number of benzene rings is 2. The van der Waals surface area contributed by atoms with Crippen LogP contribution in [0.15, 0.2) is 71.2 Å². The second kappa shape index (κ2) is 10.1. The quantitative estimate of drug-likeness (QED) is 0.686. The summed E-state index contributed by atoms with van der Waals surface area (Å²) in [6, 6.07) is 17.9. The van der Waals surface area contributed by atoms with Crippen LogP contribution < -0.4 is 15.2 Å². The van der Waals surface area contributed by atoms with E-state index in [0.29, 0.717) is 67.6 Å². The number of rotatable bonds is 5. The summed E-state index contributed by atoms with van der Waals surface area (Å²) in [5.74, 6) is 0.961. The molecule has 3 aliphatic rings. The molecule has 1 fully saturated rings. The van der Waals surface area contributed by atoms with E-state index in [0.717, 1.165) is 16.8 Å². The molecule has 2 atom stereocenters. The molecule has 1 aliphatic carbocycles. The minimum Gasteiger partial charge on any atom is -0.493 e. The number of hydrazine groups is 1. The van der Waals surface area contributed by atoms with E-state index in [4.69, 9.17) is 19.9 Å². The molecule has 186 valence electrons. The molecule has 0 bridgehead atoms. The summed E-state index contributed by atoms with van der Waals surface area (Å²) in [4.78, 5) is 13.9. The Balaban J connectivity index is 1.68. The molecule has 2 aromatic carbocycles. The molecule has 8 heteroatoms. The van der Waals surface area contributed by atoms with Crippen LogP contribution in [0.2, 0.25) is 0 Å². The van der Waals surface area contributed by atoms with E-state index in [1.165, 1.54) is 0 Å². The van der Waals surface area contributed by atoms with Crippen molar-refractivity contribution in [1.29, 1.82) is 5.26 Å². The standard InChI is InChI=1S/C28H30N4O4/c1-34-24-9-8-19(16-25(24)35-2)26-21(17-29)28(30)32(31-10-12-36-13-11-31)22-14-20(15-23(33)27(22)26)18-6-4-3-5-7-18/h3-9,16,20,26H,10-15,30H2,1-2H3. The summed E-state index contributed by atoms with van der Waals surface area (Å²) < 4.78 is 16.5. The van der Waals surface area contributed by atoms with E-state index in [1.54, 1.807) is 20.3 Å². The molecule has 0 saturated carbocycles. The molecule has 0 amide bonds. The molecule has 1 saturated heterocycles. The average Bonchev–Trinajstić information content (AvgIpc) is 2.92. The molecular weight excluding hydrogens is 456 g/mol. The van der Waals surface area contributed by atoms with Crippen LogP contribution in [0.3, 0.4) is 0 Å². The first kappa shape index (κ1) is 23.9. The fraction of sp³-hybridized carbons (Fsp3) is 0.357. The summed E-state index contributed by atoms with van der Waals surface area (Å²) in [6.45, 7) is 2.37. The van der Waals surface area contributed by atoms with Gasteiger partial charge < -0.3 is 19.9 Å². The third-order valence-corrected chi connectivity index (χ3v) is 7.22. The molecule has 36 heavy (non-hydrogen) atoms. The number of nitriles is 1. The number of ketones is 1. The van der Waals surface area contributed by atoms with Gasteiger partial charge in [-0.2, -0.15) is 5.26 Å². The van der Waals surface area contributed by atoms with Crippen molar-refractivity contribution in [2.45, 2.75) is 24.7 Å². The van der Waals surface area contributed by atoms with Crippen LogP contribution in [0.5, 0.6) is 11.5 Å². The van der Waals surface area contributed by atoms with Crippen molar-refractivity contribution < 1.29 is 19.0 Å². The first-order valence-corrected chi connectivity index (χ1v) is 12.1. The second-order valence-corrected chi connectivity index (χ2v) is 9.14. The maximum absolute atomic E-state index is 13.9. The lowest BCUT2D eigenvalue weighted by Crippen LogP contribution is -2.52. The Morgan fingerprint density at radius 1 is 1.00 bits per heavy atom. The molecule has 2 heterocycles. The summed E-state index contributed by atoms with van der Waals surface area (Å²) in [5, 5.41) is 14.3. The van der Waals surface area contributed by atoms with Gasteiger partial charge in [0.25, 0.3) is 0 Å². The van der Waals surface area contributed by atoms with Crippen LogP contribution in [-0.4, -0.2) is 56.3 Å². The van der Waals surface area contributed by atoms with Crippen LogP contribution in [0.25, 0.3) is 0 Å². The molecule has 0 aromatic heterocycles. The van der Waals surface area contributed by atoms with Crippen molar-refractivity contribution in [3.63, 3.8) is 0 Å². The van der Waals surface area contributed by atoms with E-state index in [2.05, 4.69) is 23.2 Å². The van der Waals surface area contributed by atoms with Gasteiger partial charge >= 0.3 is 0 Å². The highest BCUT2D eigenvalue weighted by atomic mass is 16.5. The van der Waals surface area contributed by atoms with E-state index in [1.807, 2.05) is 35.3 Å². The van der Waals surface area contributed by atoms with Gasteiger partial charge in [-0.15, -0.1) is 0 Å². The number of carbonyl (C=O) groups is 1. The number of allylic oxidation sites excluding steroid dienone is 3. The second-order valence-electron chi connectivity index (χ2n) is 9.14. The summed E-state index contributed by atoms with van der Waals surface area (Å²) in [5.41, 5.74) is 10.5. The molecule has 2 aliphatic heterocycles. The fourth-order valence-electron chi connectivity index (χ4n) is 5.52. The third-order valence-electron chi connectivity index (χ3n) is 7.22. The van der Waals surface area contributed by atoms with Gasteiger partial charge in [-0.3, -0.25) is 9.80 Å². The molecular formula is C28H30N4O4.